The monoisotopic (exact) mass is 465 g/mol. The van der Waals surface area contributed by atoms with E-state index in [2.05, 4.69) is 16.7 Å². The molecular weight excluding hydrogens is 442 g/mol. The first-order valence-corrected chi connectivity index (χ1v) is 11.3. The fourth-order valence-corrected chi connectivity index (χ4v) is 4.47. The number of imide groups is 2. The predicted octanol–water partition coefficient (Wildman–Crippen LogP) is 3.37. The van der Waals surface area contributed by atoms with Gasteiger partial charge in [-0.25, -0.2) is 0 Å². The van der Waals surface area contributed by atoms with Gasteiger partial charge in [0, 0.05) is 30.1 Å². The van der Waals surface area contributed by atoms with Gasteiger partial charge in [-0.15, -0.1) is 0 Å². The zero-order chi connectivity index (χ0) is 23.5. The maximum atomic E-state index is 13.2. The number of halogens is 1. The number of benzene rings is 2. The SMILES string of the molecule is CC/C=C(\Cc1cccc(Cl)c1)NCc1cccc2c1C(=O)N(C1CCC(=O)NC1=O)C2=O. The van der Waals surface area contributed by atoms with Crippen LogP contribution in [-0.4, -0.2) is 34.6 Å². The fourth-order valence-electron chi connectivity index (χ4n) is 4.26. The molecule has 4 amide bonds. The van der Waals surface area contributed by atoms with Crippen LogP contribution in [-0.2, 0) is 22.6 Å². The Morgan fingerprint density at radius 3 is 2.67 bits per heavy atom. The van der Waals surface area contributed by atoms with Gasteiger partial charge in [0.1, 0.15) is 6.04 Å². The van der Waals surface area contributed by atoms with Crippen molar-refractivity contribution in [2.75, 3.05) is 0 Å². The van der Waals surface area contributed by atoms with Crippen LogP contribution in [0, 0.1) is 0 Å². The third kappa shape index (κ3) is 4.68. The van der Waals surface area contributed by atoms with Gasteiger partial charge in [-0.3, -0.25) is 29.4 Å². The normalized spacial score (nSPS) is 18.4. The number of hydrogen-bond donors (Lipinski definition) is 2. The highest BCUT2D eigenvalue weighted by molar-refractivity contribution is 6.30. The minimum absolute atomic E-state index is 0.0902. The lowest BCUT2D eigenvalue weighted by molar-refractivity contribution is -0.136. The average molecular weight is 466 g/mol. The second kappa shape index (κ2) is 9.58. The summed E-state index contributed by atoms with van der Waals surface area (Å²) >= 11 is 6.11. The van der Waals surface area contributed by atoms with E-state index in [0.29, 0.717) is 29.1 Å². The summed E-state index contributed by atoms with van der Waals surface area (Å²) in [5, 5.41) is 6.28. The lowest BCUT2D eigenvalue weighted by Crippen LogP contribution is -2.54. The number of carbonyl (C=O) groups is 4. The van der Waals surface area contributed by atoms with E-state index in [0.717, 1.165) is 22.6 Å². The first-order chi connectivity index (χ1) is 15.9. The maximum absolute atomic E-state index is 13.2. The fraction of sp³-hybridized carbons (Fsp3) is 0.280. The Morgan fingerprint density at radius 1 is 1.15 bits per heavy atom. The molecule has 0 bridgehead atoms. The highest BCUT2D eigenvalue weighted by Crippen LogP contribution is 2.30. The molecule has 2 aliphatic rings. The number of nitrogens with zero attached hydrogens (tertiary/aromatic N) is 1. The summed E-state index contributed by atoms with van der Waals surface area (Å²) in [5.74, 6) is -2.02. The Hall–Kier alpha value is -3.45. The molecule has 2 aliphatic heterocycles. The van der Waals surface area contributed by atoms with E-state index in [-0.39, 0.29) is 18.4 Å². The molecule has 1 saturated heterocycles. The Morgan fingerprint density at radius 2 is 1.94 bits per heavy atom. The third-order valence-electron chi connectivity index (χ3n) is 5.79. The topological polar surface area (TPSA) is 95.6 Å². The number of fused-ring (bicyclic) bond motifs is 1. The van der Waals surface area contributed by atoms with E-state index in [1.165, 1.54) is 0 Å². The maximum Gasteiger partial charge on any atom is 0.262 e. The van der Waals surface area contributed by atoms with Crippen molar-refractivity contribution in [3.63, 3.8) is 0 Å². The van der Waals surface area contributed by atoms with E-state index in [4.69, 9.17) is 11.6 Å². The van der Waals surface area contributed by atoms with Crippen LogP contribution >= 0.6 is 11.6 Å². The lowest BCUT2D eigenvalue weighted by Gasteiger charge is -2.27. The molecular formula is C25H24ClN3O4. The van der Waals surface area contributed by atoms with Gasteiger partial charge in [-0.2, -0.15) is 0 Å². The first-order valence-electron chi connectivity index (χ1n) is 10.9. The second-order valence-corrected chi connectivity index (χ2v) is 8.52. The molecule has 1 fully saturated rings. The van der Waals surface area contributed by atoms with Crippen LogP contribution < -0.4 is 10.6 Å². The molecule has 0 aliphatic carbocycles. The van der Waals surface area contributed by atoms with Gasteiger partial charge < -0.3 is 5.32 Å². The minimum atomic E-state index is -0.978. The number of piperidine rings is 1. The van der Waals surface area contributed by atoms with E-state index in [1.807, 2.05) is 31.2 Å². The van der Waals surface area contributed by atoms with Crippen molar-refractivity contribution >= 4 is 35.2 Å². The van der Waals surface area contributed by atoms with E-state index < -0.39 is 29.7 Å². The van der Waals surface area contributed by atoms with E-state index in [9.17, 15) is 19.2 Å². The quantitative estimate of drug-likeness (QED) is 0.611. The zero-order valence-corrected chi connectivity index (χ0v) is 18.9. The number of amides is 4. The van der Waals surface area contributed by atoms with Gasteiger partial charge in [-0.1, -0.05) is 48.9 Å². The molecule has 0 spiro atoms. The number of hydrogen-bond acceptors (Lipinski definition) is 5. The van der Waals surface area contributed by atoms with Crippen LogP contribution in [0.3, 0.4) is 0 Å². The lowest BCUT2D eigenvalue weighted by atomic mass is 10.0. The van der Waals surface area contributed by atoms with Crippen molar-refractivity contribution in [3.8, 4) is 0 Å². The Bertz CT molecular complexity index is 1170. The van der Waals surface area contributed by atoms with E-state index >= 15 is 0 Å². The number of rotatable bonds is 7. The average Bonchev–Trinajstić information content (AvgIpc) is 3.03. The van der Waals surface area contributed by atoms with Crippen LogP contribution in [0.5, 0.6) is 0 Å². The highest BCUT2D eigenvalue weighted by atomic mass is 35.5. The van der Waals surface area contributed by atoms with Crippen LogP contribution in [0.2, 0.25) is 5.02 Å². The summed E-state index contributed by atoms with van der Waals surface area (Å²) in [5.41, 5.74) is 3.30. The Labute approximate surface area is 196 Å². The summed E-state index contributed by atoms with van der Waals surface area (Å²) in [4.78, 5) is 51.0. The second-order valence-electron chi connectivity index (χ2n) is 8.08. The van der Waals surface area contributed by atoms with Crippen molar-refractivity contribution in [3.05, 3.63) is 81.5 Å². The molecule has 4 rings (SSSR count). The summed E-state index contributed by atoms with van der Waals surface area (Å²) in [6, 6.07) is 11.8. The van der Waals surface area contributed by atoms with Crippen LogP contribution in [0.1, 0.15) is 58.0 Å². The van der Waals surface area contributed by atoms with Crippen LogP contribution in [0.15, 0.2) is 54.2 Å². The molecule has 0 radical (unpaired) electrons. The van der Waals surface area contributed by atoms with E-state index in [1.54, 1.807) is 18.2 Å². The van der Waals surface area contributed by atoms with Gasteiger partial charge in [0.15, 0.2) is 0 Å². The standard InChI is InChI=1S/C25H24ClN3O4/c1-2-5-18(13-15-6-3-8-17(26)12-15)27-14-16-7-4-9-19-22(16)25(33)29(24(19)32)20-10-11-21(30)28-23(20)31/h3-9,12,20,27H,2,10-11,13-14H2,1H3,(H,28,30,31)/b18-5+. The predicted molar refractivity (Wildman–Crippen MR) is 123 cm³/mol. The molecule has 0 aromatic heterocycles. The smallest absolute Gasteiger partial charge is 0.262 e. The van der Waals surface area contributed by atoms with Crippen molar-refractivity contribution in [2.45, 2.75) is 45.2 Å². The molecule has 2 aromatic carbocycles. The Kier molecular flexibility index (Phi) is 6.60. The van der Waals surface area contributed by atoms with Gasteiger partial charge in [0.2, 0.25) is 11.8 Å². The Balaban J connectivity index is 1.54. The van der Waals surface area contributed by atoms with Gasteiger partial charge >= 0.3 is 0 Å². The van der Waals surface area contributed by atoms with Gasteiger partial charge in [0.25, 0.3) is 11.8 Å². The van der Waals surface area contributed by atoms with Gasteiger partial charge in [-0.05, 0) is 42.2 Å². The molecule has 2 aromatic rings. The summed E-state index contributed by atoms with van der Waals surface area (Å²) in [6.07, 6.45) is 3.78. The molecule has 2 heterocycles. The highest BCUT2D eigenvalue weighted by Gasteiger charge is 2.45. The molecule has 33 heavy (non-hydrogen) atoms. The molecule has 8 heteroatoms. The molecule has 1 unspecified atom stereocenters. The molecule has 1 atom stereocenters. The number of nitrogens with one attached hydrogen (secondary N) is 2. The van der Waals surface area contributed by atoms with Crippen molar-refractivity contribution in [1.29, 1.82) is 0 Å². The number of allylic oxidation sites excluding steroid dienone is 2. The molecule has 2 N–H and O–H groups in total. The molecule has 7 nitrogen and oxygen atoms in total. The summed E-state index contributed by atoms with van der Waals surface area (Å²) in [6.45, 7) is 2.39. The zero-order valence-electron chi connectivity index (χ0n) is 18.2. The molecule has 0 saturated carbocycles. The van der Waals surface area contributed by atoms with Crippen LogP contribution in [0.25, 0.3) is 0 Å². The van der Waals surface area contributed by atoms with Gasteiger partial charge in [0.05, 0.1) is 11.1 Å². The first kappa shape index (κ1) is 22.7. The largest absolute Gasteiger partial charge is 0.384 e. The number of carbonyl (C=O) groups excluding carboxylic acids is 4. The van der Waals surface area contributed by atoms with Crippen molar-refractivity contribution in [2.24, 2.45) is 0 Å². The summed E-state index contributed by atoms with van der Waals surface area (Å²) in [7, 11) is 0. The summed E-state index contributed by atoms with van der Waals surface area (Å²) < 4.78 is 0. The third-order valence-corrected chi connectivity index (χ3v) is 6.03. The molecule has 170 valence electrons. The minimum Gasteiger partial charge on any atom is -0.384 e. The van der Waals surface area contributed by atoms with Crippen molar-refractivity contribution in [1.82, 2.24) is 15.5 Å². The van der Waals surface area contributed by atoms with Crippen LogP contribution in [0.4, 0.5) is 0 Å². The van der Waals surface area contributed by atoms with Crippen molar-refractivity contribution < 1.29 is 19.2 Å².